The van der Waals surface area contributed by atoms with E-state index in [4.69, 9.17) is 9.47 Å². The van der Waals surface area contributed by atoms with E-state index in [-0.39, 0.29) is 23.6 Å². The zero-order valence-corrected chi connectivity index (χ0v) is 14.8. The lowest BCUT2D eigenvalue weighted by Crippen LogP contribution is -2.45. The van der Waals surface area contributed by atoms with Gasteiger partial charge in [0.05, 0.1) is 30.3 Å². The van der Waals surface area contributed by atoms with E-state index in [1.54, 1.807) is 13.0 Å². The van der Waals surface area contributed by atoms with E-state index < -0.39 is 23.0 Å². The minimum absolute atomic E-state index is 0.124. The summed E-state index contributed by atoms with van der Waals surface area (Å²) < 4.78 is 10.1. The van der Waals surface area contributed by atoms with E-state index >= 15 is 0 Å². The van der Waals surface area contributed by atoms with Crippen LogP contribution in [0.1, 0.15) is 38.3 Å². The molecule has 140 valence electrons. The molecule has 1 aromatic rings. The third-order valence-electron chi connectivity index (χ3n) is 3.87. The molecule has 0 bridgehead atoms. The van der Waals surface area contributed by atoms with Gasteiger partial charge in [-0.15, -0.1) is 0 Å². The number of nitro benzene ring substituents is 1. The van der Waals surface area contributed by atoms with Gasteiger partial charge in [-0.05, 0) is 25.0 Å². The first-order chi connectivity index (χ1) is 12.4. The first-order valence-electron chi connectivity index (χ1n) is 8.22. The van der Waals surface area contributed by atoms with Gasteiger partial charge >= 0.3 is 17.7 Å². The lowest BCUT2D eigenvalue weighted by molar-refractivity contribution is -0.385. The first-order valence-corrected chi connectivity index (χ1v) is 8.22. The van der Waals surface area contributed by atoms with Gasteiger partial charge in [-0.25, -0.2) is 9.59 Å². The second-order valence-electron chi connectivity index (χ2n) is 5.58. The molecule has 9 nitrogen and oxygen atoms in total. The van der Waals surface area contributed by atoms with Gasteiger partial charge in [0, 0.05) is 11.8 Å². The Balaban J connectivity index is 2.57. The second-order valence-corrected chi connectivity index (χ2v) is 5.58. The fourth-order valence-corrected chi connectivity index (χ4v) is 2.80. The number of hydrogen-bond donors (Lipinski definition) is 2. The molecule has 0 aromatic heterocycles. The van der Waals surface area contributed by atoms with Crippen molar-refractivity contribution in [3.05, 3.63) is 45.1 Å². The third kappa shape index (κ3) is 3.93. The van der Waals surface area contributed by atoms with Gasteiger partial charge in [0.2, 0.25) is 0 Å². The maximum Gasteiger partial charge on any atom is 0.337 e. The van der Waals surface area contributed by atoms with Crippen LogP contribution in [0.5, 0.6) is 5.75 Å². The van der Waals surface area contributed by atoms with Gasteiger partial charge in [-0.2, -0.15) is 0 Å². The molecular weight excluding hydrogens is 342 g/mol. The van der Waals surface area contributed by atoms with E-state index in [9.17, 15) is 19.7 Å². The number of amides is 2. The summed E-state index contributed by atoms with van der Waals surface area (Å²) >= 11 is 0. The van der Waals surface area contributed by atoms with Crippen molar-refractivity contribution < 1.29 is 24.0 Å². The van der Waals surface area contributed by atoms with Crippen LogP contribution < -0.4 is 15.4 Å². The minimum Gasteiger partial charge on any atom is -0.487 e. The molecule has 0 radical (unpaired) electrons. The lowest BCUT2D eigenvalue weighted by Gasteiger charge is -2.29. The number of nitrogens with one attached hydrogen (secondary N) is 2. The number of carbonyl (C=O) groups is 2. The van der Waals surface area contributed by atoms with Crippen molar-refractivity contribution in [2.24, 2.45) is 0 Å². The minimum atomic E-state index is -0.855. The summed E-state index contributed by atoms with van der Waals surface area (Å²) in [4.78, 5) is 35.1. The summed E-state index contributed by atoms with van der Waals surface area (Å²) in [7, 11) is 1.24. The molecule has 0 spiro atoms. The van der Waals surface area contributed by atoms with Crippen LogP contribution in [0.4, 0.5) is 10.5 Å². The quantitative estimate of drug-likeness (QED) is 0.436. The number of carbonyl (C=O) groups excluding carboxylic acids is 2. The lowest BCUT2D eigenvalue weighted by atomic mass is 9.93. The van der Waals surface area contributed by atoms with E-state index in [0.29, 0.717) is 24.1 Å². The summed E-state index contributed by atoms with van der Waals surface area (Å²) in [5.74, 6) is -0.485. The molecule has 2 N–H and O–H groups in total. The van der Waals surface area contributed by atoms with E-state index in [0.717, 1.165) is 0 Å². The van der Waals surface area contributed by atoms with Crippen LogP contribution in [0.2, 0.25) is 0 Å². The smallest absolute Gasteiger partial charge is 0.337 e. The number of allylic oxidation sites excluding steroid dienone is 1. The van der Waals surface area contributed by atoms with Crippen LogP contribution in [0.25, 0.3) is 0 Å². The molecule has 0 saturated carbocycles. The Kier molecular flexibility index (Phi) is 6.16. The molecule has 0 aliphatic carbocycles. The van der Waals surface area contributed by atoms with Crippen LogP contribution in [0.3, 0.4) is 0 Å². The summed E-state index contributed by atoms with van der Waals surface area (Å²) in [6.45, 7) is 3.91. The average molecular weight is 363 g/mol. The molecular formula is C17H21N3O6. The topological polar surface area (TPSA) is 120 Å². The number of benzene rings is 1. The van der Waals surface area contributed by atoms with Crippen molar-refractivity contribution >= 4 is 17.7 Å². The summed E-state index contributed by atoms with van der Waals surface area (Å²) in [5.41, 5.74) is 0.833. The van der Waals surface area contributed by atoms with E-state index in [2.05, 4.69) is 10.6 Å². The van der Waals surface area contributed by atoms with Crippen molar-refractivity contribution in [2.75, 3.05) is 13.7 Å². The Bertz CT molecular complexity index is 759. The van der Waals surface area contributed by atoms with Crippen LogP contribution in [-0.2, 0) is 9.53 Å². The number of esters is 1. The standard InChI is InChI=1S/C17H21N3O6/c1-4-6-11-14(16(21)25-3)15(19-17(22)18-11)10-7-8-13(26-5-2)12(9-10)20(23)24/h7-9,15H,4-6H2,1-3H3,(H2,18,19,22). The largest absolute Gasteiger partial charge is 0.487 e. The van der Waals surface area contributed by atoms with Gasteiger partial charge in [-0.3, -0.25) is 10.1 Å². The zero-order chi connectivity index (χ0) is 19.3. The Morgan fingerprint density at radius 2 is 2.08 bits per heavy atom. The van der Waals surface area contributed by atoms with Crippen LogP contribution >= 0.6 is 0 Å². The van der Waals surface area contributed by atoms with E-state index in [1.165, 1.54) is 19.2 Å². The normalized spacial score (nSPS) is 16.6. The van der Waals surface area contributed by atoms with Crippen molar-refractivity contribution in [3.8, 4) is 5.75 Å². The second kappa shape index (κ2) is 8.32. The molecule has 26 heavy (non-hydrogen) atoms. The molecule has 2 rings (SSSR count). The van der Waals surface area contributed by atoms with Crippen molar-refractivity contribution in [3.63, 3.8) is 0 Å². The highest BCUT2D eigenvalue weighted by Gasteiger charge is 2.34. The molecule has 1 unspecified atom stereocenters. The Hall–Kier alpha value is -3.10. The van der Waals surface area contributed by atoms with Gasteiger partial charge < -0.3 is 20.1 Å². The van der Waals surface area contributed by atoms with Gasteiger partial charge in [0.1, 0.15) is 0 Å². The van der Waals surface area contributed by atoms with Crippen molar-refractivity contribution in [1.82, 2.24) is 10.6 Å². The number of urea groups is 1. The summed E-state index contributed by atoms with van der Waals surface area (Å²) in [5, 5.41) is 16.6. The SMILES string of the molecule is CCCC1=C(C(=O)OC)C(c2ccc(OCC)c([N+](=O)[O-])c2)NC(=O)N1. The molecule has 1 atom stereocenters. The van der Waals surface area contributed by atoms with E-state index in [1.807, 2.05) is 6.92 Å². The maximum absolute atomic E-state index is 12.3. The number of methoxy groups -OCH3 is 1. The number of ether oxygens (including phenoxy) is 2. The highest BCUT2D eigenvalue weighted by atomic mass is 16.6. The highest BCUT2D eigenvalue weighted by molar-refractivity contribution is 5.95. The summed E-state index contributed by atoms with van der Waals surface area (Å²) in [6.07, 6.45) is 1.17. The highest BCUT2D eigenvalue weighted by Crippen LogP contribution is 2.35. The maximum atomic E-state index is 12.3. The summed E-state index contributed by atoms with van der Waals surface area (Å²) in [6, 6.07) is 3.00. The monoisotopic (exact) mass is 363 g/mol. The van der Waals surface area contributed by atoms with Crippen molar-refractivity contribution in [2.45, 2.75) is 32.7 Å². The molecule has 0 fully saturated rings. The van der Waals surface area contributed by atoms with Crippen molar-refractivity contribution in [1.29, 1.82) is 0 Å². The van der Waals surface area contributed by atoms with Crippen LogP contribution in [0.15, 0.2) is 29.5 Å². The number of nitro groups is 1. The molecule has 1 aliphatic heterocycles. The van der Waals surface area contributed by atoms with Gasteiger partial charge in [0.25, 0.3) is 0 Å². The zero-order valence-electron chi connectivity index (χ0n) is 14.8. The predicted molar refractivity (Wildman–Crippen MR) is 92.6 cm³/mol. The molecule has 0 saturated heterocycles. The Morgan fingerprint density at radius 1 is 1.35 bits per heavy atom. The number of nitrogens with zero attached hydrogens (tertiary/aromatic N) is 1. The number of hydrogen-bond acceptors (Lipinski definition) is 6. The Labute approximate surface area is 150 Å². The first kappa shape index (κ1) is 19.2. The fraction of sp³-hybridized carbons (Fsp3) is 0.412. The number of rotatable bonds is 7. The van der Waals surface area contributed by atoms with Crippen LogP contribution in [0, 0.1) is 10.1 Å². The molecule has 9 heteroatoms. The van der Waals surface area contributed by atoms with Crippen LogP contribution in [-0.4, -0.2) is 30.6 Å². The average Bonchev–Trinajstić information content (AvgIpc) is 2.61. The Morgan fingerprint density at radius 3 is 2.65 bits per heavy atom. The third-order valence-corrected chi connectivity index (χ3v) is 3.87. The van der Waals surface area contributed by atoms with Gasteiger partial charge in [0.15, 0.2) is 5.75 Å². The molecule has 1 heterocycles. The molecule has 1 aromatic carbocycles. The van der Waals surface area contributed by atoms with Gasteiger partial charge in [-0.1, -0.05) is 19.4 Å². The fourth-order valence-electron chi connectivity index (χ4n) is 2.80. The molecule has 1 aliphatic rings. The predicted octanol–water partition coefficient (Wildman–Crippen LogP) is 2.57. The molecule has 2 amide bonds.